The van der Waals surface area contributed by atoms with Crippen LogP contribution in [0.4, 0.5) is 14.9 Å². The third kappa shape index (κ3) is 16.7. The number of hydrogen-bond acceptors (Lipinski definition) is 17. The van der Waals surface area contributed by atoms with Gasteiger partial charge >= 0.3 is 12.0 Å². The second kappa shape index (κ2) is 31.4. The number of ether oxygens (including phenoxy) is 7. The van der Waals surface area contributed by atoms with Gasteiger partial charge in [-0.2, -0.15) is 0 Å². The number of aliphatic hydroxyl groups excluding tert-OH is 1. The summed E-state index contributed by atoms with van der Waals surface area (Å²) in [5, 5.41) is 37.3. The summed E-state index contributed by atoms with van der Waals surface area (Å²) in [7, 11) is 0. The summed E-state index contributed by atoms with van der Waals surface area (Å²) in [5.74, 6) is -4.21. The SMILES string of the molecule is CCCCOCCOCCOCCOCCOCCOCCC(=O)N[C@H](C(=O)N[C@@H](CCCNC(N)=O)C(=O)Nc1ccc(C(O)C(=O)N[C@H]2CCc3c(C)c(F)cc4nc5c(c2c34)Cn2c-5cc3c(c2=O)COC(=O)[C@]3(O)CC)cc1)C(C)C. The van der Waals surface area contributed by atoms with Gasteiger partial charge in [0.1, 0.15) is 24.5 Å². The zero-order chi connectivity index (χ0) is 61.2. The lowest BCUT2D eigenvalue weighted by Gasteiger charge is -2.31. The molecule has 464 valence electrons. The zero-order valence-electron chi connectivity index (χ0n) is 49.1. The highest BCUT2D eigenvalue weighted by molar-refractivity contribution is 5.99. The molecule has 0 spiro atoms. The average Bonchev–Trinajstić information content (AvgIpc) is 1.72. The van der Waals surface area contributed by atoms with Crippen molar-refractivity contribution in [2.45, 2.75) is 129 Å². The maximum absolute atomic E-state index is 15.5. The van der Waals surface area contributed by atoms with Gasteiger partial charge in [0.2, 0.25) is 17.7 Å². The summed E-state index contributed by atoms with van der Waals surface area (Å²) in [4.78, 5) is 97.9. The quantitative estimate of drug-likeness (QED) is 0.0212. The standard InChI is InChI=1S/C60H81FN8O16/c1-6-8-19-79-21-23-81-25-27-83-29-30-84-28-26-82-24-22-80-20-17-48(70)68-51(35(3)4)55(73)67-45(10-9-18-63-59(62)77)54(72)64-38-13-11-37(12-14-38)53(71)56(74)66-44-16-15-39-36(5)43(61)32-46-49(39)50(44)40-33-69-47(52(40)65-46)31-42-41(57(69)75)34-85-58(76)60(42,78)7-2/h11-14,31-32,35,44-45,51,53,71,78H,6-10,15-30,33-34H2,1-5H3,(H,64,72)(H,66,74)(H,67,73)(H,68,70)(H3,62,63,77)/t44-,45-,51-,53?,60-/m0/s1. The number of unbranched alkanes of at least 4 members (excludes halogenated alkanes) is 1. The number of aliphatic hydroxyl groups is 2. The molecule has 0 saturated heterocycles. The third-order valence-corrected chi connectivity index (χ3v) is 15.3. The van der Waals surface area contributed by atoms with E-state index in [1.807, 2.05) is 0 Å². The van der Waals surface area contributed by atoms with Gasteiger partial charge in [-0.3, -0.25) is 24.0 Å². The number of carbonyl (C=O) groups is 6. The number of amides is 6. The first-order valence-corrected chi connectivity index (χ1v) is 29.2. The molecule has 0 radical (unpaired) electrons. The largest absolute Gasteiger partial charge is 0.458 e. The number of urea groups is 1. The average molecular weight is 1190 g/mol. The number of aryl methyl sites for hydroxylation is 1. The van der Waals surface area contributed by atoms with Crippen molar-refractivity contribution in [3.8, 4) is 11.4 Å². The van der Waals surface area contributed by atoms with E-state index < -0.39 is 76.8 Å². The van der Waals surface area contributed by atoms with Crippen LogP contribution in [-0.2, 0) is 82.3 Å². The lowest BCUT2D eigenvalue weighted by molar-refractivity contribution is -0.172. The van der Waals surface area contributed by atoms with Crippen LogP contribution < -0.4 is 37.9 Å². The third-order valence-electron chi connectivity index (χ3n) is 15.3. The van der Waals surface area contributed by atoms with E-state index in [-0.39, 0.29) is 99.0 Å². The number of nitrogens with zero attached hydrogens (tertiary/aromatic N) is 2. The number of cyclic esters (lactones) is 1. The van der Waals surface area contributed by atoms with Crippen molar-refractivity contribution in [3.05, 3.63) is 91.5 Å². The number of nitrogens with two attached hydrogens (primary N) is 1. The number of benzene rings is 2. The van der Waals surface area contributed by atoms with Crippen molar-refractivity contribution in [2.24, 2.45) is 11.7 Å². The highest BCUT2D eigenvalue weighted by Gasteiger charge is 2.46. The molecule has 7 rings (SSSR count). The Kier molecular flexibility index (Phi) is 24.2. The van der Waals surface area contributed by atoms with Gasteiger partial charge in [-0.15, -0.1) is 0 Å². The predicted octanol–water partition coefficient (Wildman–Crippen LogP) is 3.67. The minimum Gasteiger partial charge on any atom is -0.458 e. The second-order valence-corrected chi connectivity index (χ2v) is 21.5. The number of aromatic nitrogens is 2. The molecule has 25 heteroatoms. The molecule has 0 fully saturated rings. The van der Waals surface area contributed by atoms with Crippen LogP contribution in [0, 0.1) is 18.7 Å². The van der Waals surface area contributed by atoms with Crippen LogP contribution in [0.15, 0.2) is 41.2 Å². The minimum absolute atomic E-state index is 0.0214. The minimum atomic E-state index is -2.07. The molecule has 4 aromatic rings. The molecule has 2 aromatic carbocycles. The maximum atomic E-state index is 15.5. The Bertz CT molecular complexity index is 3070. The fourth-order valence-corrected chi connectivity index (χ4v) is 10.5. The summed E-state index contributed by atoms with van der Waals surface area (Å²) in [5.41, 5.74) is 6.61. The molecular weight excluding hydrogens is 1110 g/mol. The van der Waals surface area contributed by atoms with E-state index in [4.69, 9.17) is 43.9 Å². The first-order chi connectivity index (χ1) is 40.9. The topological polar surface area (TPSA) is 329 Å². The highest BCUT2D eigenvalue weighted by atomic mass is 19.1. The normalized spacial score (nSPS) is 16.9. The van der Waals surface area contributed by atoms with Gasteiger partial charge in [-0.25, -0.2) is 19.0 Å². The molecule has 1 aliphatic carbocycles. The zero-order valence-corrected chi connectivity index (χ0v) is 49.1. The number of fused-ring (bicyclic) bond motifs is 5. The Labute approximate surface area is 492 Å². The molecule has 24 nitrogen and oxygen atoms in total. The van der Waals surface area contributed by atoms with Gasteiger partial charge < -0.3 is 80.3 Å². The molecule has 5 atom stereocenters. The predicted molar refractivity (Wildman–Crippen MR) is 308 cm³/mol. The highest BCUT2D eigenvalue weighted by Crippen LogP contribution is 2.46. The summed E-state index contributed by atoms with van der Waals surface area (Å²) in [6.07, 6.45) is 1.30. The van der Waals surface area contributed by atoms with Crippen LogP contribution in [0.5, 0.6) is 0 Å². The van der Waals surface area contributed by atoms with Crippen molar-refractivity contribution in [1.29, 1.82) is 0 Å². The molecule has 85 heavy (non-hydrogen) atoms. The van der Waals surface area contributed by atoms with Crippen molar-refractivity contribution in [2.75, 3.05) is 91.1 Å². The lowest BCUT2D eigenvalue weighted by Crippen LogP contribution is -2.54. The Morgan fingerprint density at radius 2 is 1.45 bits per heavy atom. The van der Waals surface area contributed by atoms with Crippen molar-refractivity contribution >= 4 is 52.2 Å². The summed E-state index contributed by atoms with van der Waals surface area (Å²) >= 11 is 0. The van der Waals surface area contributed by atoms with Crippen LogP contribution in [0.2, 0.25) is 0 Å². The van der Waals surface area contributed by atoms with Crippen LogP contribution in [-0.4, -0.2) is 153 Å². The maximum Gasteiger partial charge on any atom is 0.343 e. The first kappa shape index (κ1) is 65.6. The van der Waals surface area contributed by atoms with Crippen LogP contribution in [0.1, 0.15) is 124 Å². The van der Waals surface area contributed by atoms with Crippen LogP contribution in [0.25, 0.3) is 22.3 Å². The molecule has 0 bridgehead atoms. The second-order valence-electron chi connectivity index (χ2n) is 21.5. The Morgan fingerprint density at radius 3 is 2.05 bits per heavy atom. The summed E-state index contributed by atoms with van der Waals surface area (Å²) in [6, 6.07) is 5.05. The smallest absolute Gasteiger partial charge is 0.343 e. The molecule has 0 saturated carbocycles. The fraction of sp³-hybridized carbons (Fsp3) is 0.567. The Balaban J connectivity index is 0.903. The number of esters is 1. The van der Waals surface area contributed by atoms with Gasteiger partial charge in [0.15, 0.2) is 11.7 Å². The fourth-order valence-electron chi connectivity index (χ4n) is 10.5. The number of halogens is 1. The summed E-state index contributed by atoms with van der Waals surface area (Å²) in [6.45, 7) is 13.6. The number of primary amides is 1. The number of pyridine rings is 2. The van der Waals surface area contributed by atoms with Gasteiger partial charge in [0, 0.05) is 47.8 Å². The molecule has 3 aliphatic rings. The van der Waals surface area contributed by atoms with Crippen molar-refractivity contribution in [3.63, 3.8) is 0 Å². The molecule has 2 aliphatic heterocycles. The van der Waals surface area contributed by atoms with Crippen LogP contribution >= 0.6 is 0 Å². The molecular formula is C60H81FN8O16. The van der Waals surface area contributed by atoms with E-state index in [9.17, 15) is 43.8 Å². The van der Waals surface area contributed by atoms with Crippen LogP contribution in [0.3, 0.4) is 0 Å². The Morgan fingerprint density at radius 1 is 0.824 bits per heavy atom. The van der Waals surface area contributed by atoms with E-state index in [1.165, 1.54) is 34.9 Å². The van der Waals surface area contributed by atoms with Gasteiger partial charge in [-0.05, 0) is 91.8 Å². The van der Waals surface area contributed by atoms with E-state index in [0.717, 1.165) is 19.4 Å². The monoisotopic (exact) mass is 1190 g/mol. The van der Waals surface area contributed by atoms with Gasteiger partial charge in [0.05, 0.1) is 108 Å². The summed E-state index contributed by atoms with van der Waals surface area (Å²) < 4.78 is 55.2. The van der Waals surface area contributed by atoms with E-state index in [2.05, 4.69) is 33.5 Å². The number of nitrogens with one attached hydrogen (secondary N) is 5. The molecule has 1 unspecified atom stereocenters. The van der Waals surface area contributed by atoms with Crippen molar-refractivity contribution in [1.82, 2.24) is 30.8 Å². The van der Waals surface area contributed by atoms with E-state index in [1.54, 1.807) is 33.8 Å². The molecule has 4 heterocycles. The first-order valence-electron chi connectivity index (χ1n) is 29.2. The lowest BCUT2D eigenvalue weighted by atomic mass is 9.81. The van der Waals surface area contributed by atoms with E-state index >= 15 is 4.39 Å². The number of hydrogen-bond donors (Lipinski definition) is 8. The number of anilines is 1. The van der Waals surface area contributed by atoms with Gasteiger partial charge in [0.25, 0.3) is 11.5 Å². The van der Waals surface area contributed by atoms with Gasteiger partial charge in [-0.1, -0.05) is 46.2 Å². The molecule has 2 aromatic heterocycles. The number of carbonyl (C=O) groups excluding carboxylic acids is 6. The Hall–Kier alpha value is -6.97. The molecule has 9 N–H and O–H groups in total. The van der Waals surface area contributed by atoms with E-state index in [0.29, 0.717) is 105 Å². The number of rotatable bonds is 35. The molecule has 6 amide bonds. The van der Waals surface area contributed by atoms with Crippen molar-refractivity contribution < 1.29 is 76.5 Å².